The van der Waals surface area contributed by atoms with Gasteiger partial charge in [0.05, 0.1) is 25.7 Å². The molecule has 0 heterocycles. The van der Waals surface area contributed by atoms with Crippen molar-refractivity contribution in [3.63, 3.8) is 0 Å². The van der Waals surface area contributed by atoms with Gasteiger partial charge in [-0.1, -0.05) is 13.3 Å². The van der Waals surface area contributed by atoms with Crippen molar-refractivity contribution < 1.29 is 19.1 Å². The first-order chi connectivity index (χ1) is 8.08. The molecule has 0 atom stereocenters. The van der Waals surface area contributed by atoms with Crippen LogP contribution in [0.4, 0.5) is 0 Å². The number of nitrogens with zero attached hydrogens (tertiary/aromatic N) is 1. The van der Waals surface area contributed by atoms with E-state index < -0.39 is 17.4 Å². The molecule has 17 heavy (non-hydrogen) atoms. The van der Waals surface area contributed by atoms with Gasteiger partial charge >= 0.3 is 11.9 Å². The van der Waals surface area contributed by atoms with Gasteiger partial charge in [-0.15, -0.1) is 0 Å². The van der Waals surface area contributed by atoms with Gasteiger partial charge in [0.25, 0.3) is 0 Å². The Morgan fingerprint density at radius 1 is 1.12 bits per heavy atom. The Morgan fingerprint density at radius 2 is 1.59 bits per heavy atom. The van der Waals surface area contributed by atoms with E-state index in [1.807, 2.05) is 13.0 Å². The molecule has 5 heteroatoms. The maximum atomic E-state index is 11.9. The molecule has 0 aliphatic carbocycles. The van der Waals surface area contributed by atoms with Crippen LogP contribution in [0.25, 0.3) is 0 Å². The van der Waals surface area contributed by atoms with E-state index >= 15 is 0 Å². The van der Waals surface area contributed by atoms with Gasteiger partial charge in [0.1, 0.15) is 0 Å². The summed E-state index contributed by atoms with van der Waals surface area (Å²) in [6.45, 7) is 5.51. The molecule has 0 spiro atoms. The minimum atomic E-state index is -1.46. The van der Waals surface area contributed by atoms with Crippen LogP contribution in [-0.4, -0.2) is 25.2 Å². The number of ether oxygens (including phenoxy) is 2. The molecule has 5 nitrogen and oxygen atoms in total. The maximum absolute atomic E-state index is 11.9. The number of carbonyl (C=O) groups excluding carboxylic acids is 2. The van der Waals surface area contributed by atoms with Crippen molar-refractivity contribution in [3.05, 3.63) is 0 Å². The summed E-state index contributed by atoms with van der Waals surface area (Å²) in [5, 5.41) is 8.80. The number of hydrogen-bond acceptors (Lipinski definition) is 5. The molecule has 0 amide bonds. The van der Waals surface area contributed by atoms with Crippen LogP contribution >= 0.6 is 0 Å². The number of esters is 2. The fraction of sp³-hybridized carbons (Fsp3) is 0.750. The van der Waals surface area contributed by atoms with Crippen LogP contribution in [0.15, 0.2) is 0 Å². The van der Waals surface area contributed by atoms with Gasteiger partial charge in [-0.05, 0) is 20.3 Å². The van der Waals surface area contributed by atoms with Gasteiger partial charge in [-0.3, -0.25) is 9.59 Å². The van der Waals surface area contributed by atoms with Gasteiger partial charge in [0.15, 0.2) is 5.41 Å². The molecule has 0 aromatic rings. The summed E-state index contributed by atoms with van der Waals surface area (Å²) in [6, 6.07) is 1.87. The molecule has 0 aliphatic rings. The zero-order valence-corrected chi connectivity index (χ0v) is 10.6. The molecule has 0 bridgehead atoms. The van der Waals surface area contributed by atoms with Crippen LogP contribution < -0.4 is 0 Å². The van der Waals surface area contributed by atoms with Crippen molar-refractivity contribution in [2.45, 2.75) is 40.0 Å². The molecule has 0 saturated carbocycles. The Labute approximate surface area is 102 Å². The molecule has 0 rings (SSSR count). The van der Waals surface area contributed by atoms with Crippen LogP contribution in [0.3, 0.4) is 0 Å². The Balaban J connectivity index is 5.18. The fourth-order valence-electron chi connectivity index (χ4n) is 1.62. The van der Waals surface area contributed by atoms with Crippen LogP contribution in [0.5, 0.6) is 0 Å². The molecule has 0 unspecified atom stereocenters. The van der Waals surface area contributed by atoms with Crippen molar-refractivity contribution in [3.8, 4) is 6.07 Å². The number of hydrogen-bond donors (Lipinski definition) is 0. The van der Waals surface area contributed by atoms with Gasteiger partial charge in [0, 0.05) is 0 Å². The lowest BCUT2D eigenvalue weighted by Crippen LogP contribution is -2.42. The van der Waals surface area contributed by atoms with E-state index in [2.05, 4.69) is 0 Å². The summed E-state index contributed by atoms with van der Waals surface area (Å²) in [5.41, 5.74) is -1.46. The lowest BCUT2D eigenvalue weighted by Gasteiger charge is -2.26. The van der Waals surface area contributed by atoms with E-state index in [1.54, 1.807) is 13.8 Å². The predicted molar refractivity (Wildman–Crippen MR) is 60.8 cm³/mol. The highest BCUT2D eigenvalue weighted by Gasteiger charge is 2.48. The third-order valence-electron chi connectivity index (χ3n) is 2.39. The molecule has 0 N–H and O–H groups in total. The summed E-state index contributed by atoms with van der Waals surface area (Å²) >= 11 is 0. The first kappa shape index (κ1) is 15.4. The molecule has 0 saturated heterocycles. The van der Waals surface area contributed by atoms with Gasteiger partial charge in [-0.2, -0.15) is 5.26 Å². The van der Waals surface area contributed by atoms with Gasteiger partial charge < -0.3 is 9.47 Å². The average molecular weight is 241 g/mol. The molecule has 0 aromatic carbocycles. The summed E-state index contributed by atoms with van der Waals surface area (Å²) in [5.74, 6) is -1.33. The fourth-order valence-corrected chi connectivity index (χ4v) is 1.62. The van der Waals surface area contributed by atoms with E-state index in [4.69, 9.17) is 14.7 Å². The SMILES string of the molecule is CCCC(CC#N)(C(=O)OCC)C(=O)OCC. The van der Waals surface area contributed by atoms with Crippen molar-refractivity contribution in [1.82, 2.24) is 0 Å². The van der Waals surface area contributed by atoms with Crippen LogP contribution in [0.1, 0.15) is 40.0 Å². The third kappa shape index (κ3) is 3.74. The van der Waals surface area contributed by atoms with E-state index in [0.29, 0.717) is 6.42 Å². The van der Waals surface area contributed by atoms with Crippen molar-refractivity contribution in [2.75, 3.05) is 13.2 Å². The second-order valence-electron chi connectivity index (χ2n) is 3.61. The highest BCUT2D eigenvalue weighted by atomic mass is 16.6. The molecule has 96 valence electrons. The lowest BCUT2D eigenvalue weighted by atomic mass is 9.80. The average Bonchev–Trinajstić information content (AvgIpc) is 2.29. The second kappa shape index (κ2) is 7.66. The Kier molecular flexibility index (Phi) is 6.95. The van der Waals surface area contributed by atoms with Crippen molar-refractivity contribution in [1.29, 1.82) is 5.26 Å². The molecule has 0 aromatic heterocycles. The minimum Gasteiger partial charge on any atom is -0.465 e. The molecule has 0 fully saturated rings. The summed E-state index contributed by atoms with van der Waals surface area (Å²) in [7, 11) is 0. The zero-order chi connectivity index (χ0) is 13.3. The quantitative estimate of drug-likeness (QED) is 0.502. The van der Waals surface area contributed by atoms with Gasteiger partial charge in [0.2, 0.25) is 0 Å². The van der Waals surface area contributed by atoms with Crippen molar-refractivity contribution >= 4 is 11.9 Å². The lowest BCUT2D eigenvalue weighted by molar-refractivity contribution is -0.172. The smallest absolute Gasteiger partial charge is 0.324 e. The zero-order valence-electron chi connectivity index (χ0n) is 10.6. The number of nitriles is 1. The maximum Gasteiger partial charge on any atom is 0.324 e. The third-order valence-corrected chi connectivity index (χ3v) is 2.39. The van der Waals surface area contributed by atoms with E-state index in [0.717, 1.165) is 0 Å². The van der Waals surface area contributed by atoms with E-state index in [1.165, 1.54) is 0 Å². The predicted octanol–water partition coefficient (Wildman–Crippen LogP) is 1.81. The molecular formula is C12H19NO4. The van der Waals surface area contributed by atoms with Crippen LogP contribution in [0.2, 0.25) is 0 Å². The monoisotopic (exact) mass is 241 g/mol. The van der Waals surface area contributed by atoms with Gasteiger partial charge in [-0.25, -0.2) is 0 Å². The molecular weight excluding hydrogens is 222 g/mol. The largest absolute Gasteiger partial charge is 0.465 e. The summed E-state index contributed by atoms with van der Waals surface area (Å²) in [4.78, 5) is 23.8. The highest BCUT2D eigenvalue weighted by Crippen LogP contribution is 2.31. The topological polar surface area (TPSA) is 76.4 Å². The molecule has 0 aliphatic heterocycles. The minimum absolute atomic E-state index is 0.176. The molecule has 0 radical (unpaired) electrons. The van der Waals surface area contributed by atoms with Crippen LogP contribution in [-0.2, 0) is 19.1 Å². The highest BCUT2D eigenvalue weighted by molar-refractivity contribution is 6.00. The first-order valence-corrected chi connectivity index (χ1v) is 5.80. The Morgan fingerprint density at radius 3 is 1.88 bits per heavy atom. The number of rotatable bonds is 7. The standard InChI is InChI=1S/C12H19NO4/c1-4-7-12(8-9-13,10(14)16-5-2)11(15)17-6-3/h4-8H2,1-3H3. The second-order valence-corrected chi connectivity index (χ2v) is 3.61. The Bertz CT molecular complexity index is 288. The normalized spacial score (nSPS) is 10.5. The van der Waals surface area contributed by atoms with Crippen LogP contribution in [0, 0.1) is 16.7 Å². The van der Waals surface area contributed by atoms with E-state index in [9.17, 15) is 9.59 Å². The first-order valence-electron chi connectivity index (χ1n) is 5.80. The summed E-state index contributed by atoms with van der Waals surface area (Å²) in [6.07, 6.45) is 0.649. The summed E-state index contributed by atoms with van der Waals surface area (Å²) < 4.78 is 9.78. The van der Waals surface area contributed by atoms with Crippen molar-refractivity contribution in [2.24, 2.45) is 5.41 Å². The Hall–Kier alpha value is -1.57. The van der Waals surface area contributed by atoms with E-state index in [-0.39, 0.29) is 26.1 Å². The number of carbonyl (C=O) groups is 2.